The molecule has 0 aliphatic carbocycles. The number of rotatable bonds is 6. The molecule has 0 aliphatic rings. The second-order valence-electron chi connectivity index (χ2n) is 8.03. The summed E-state index contributed by atoms with van der Waals surface area (Å²) in [6.45, 7) is 7.74. The molecule has 0 radical (unpaired) electrons. The Hall–Kier alpha value is -3.67. The van der Waals surface area contributed by atoms with Crippen LogP contribution in [0.4, 0.5) is 11.5 Å². The van der Waals surface area contributed by atoms with Crippen molar-refractivity contribution in [1.29, 1.82) is 0 Å². The highest BCUT2D eigenvalue weighted by Gasteiger charge is 2.15. The van der Waals surface area contributed by atoms with Gasteiger partial charge in [0.25, 0.3) is 5.91 Å². The Morgan fingerprint density at radius 2 is 1.84 bits per heavy atom. The number of amides is 2. The molecule has 1 heterocycles. The molecule has 0 unspecified atom stereocenters. The van der Waals surface area contributed by atoms with Crippen LogP contribution in [0.25, 0.3) is 11.1 Å². The molecule has 0 bridgehead atoms. The van der Waals surface area contributed by atoms with Crippen molar-refractivity contribution in [3.8, 4) is 11.1 Å². The molecule has 2 amide bonds. The third-order valence-corrected chi connectivity index (χ3v) is 4.85. The predicted molar refractivity (Wildman–Crippen MR) is 125 cm³/mol. The Bertz CT molecular complexity index is 1120. The smallest absolute Gasteiger partial charge is 0.255 e. The number of hydrogen-bond donors (Lipinski definition) is 3. The lowest BCUT2D eigenvalue weighted by Gasteiger charge is -2.13. The number of aromatic nitrogens is 1. The van der Waals surface area contributed by atoms with Crippen molar-refractivity contribution in [1.82, 2.24) is 10.3 Å². The number of carbonyl (C=O) groups excluding carboxylic acids is 2. The molecule has 4 N–H and O–H groups in total. The first-order valence-electron chi connectivity index (χ1n) is 10.3. The number of pyridine rings is 1. The van der Waals surface area contributed by atoms with Crippen molar-refractivity contribution in [2.45, 2.75) is 40.2 Å². The van der Waals surface area contributed by atoms with E-state index in [2.05, 4.69) is 15.6 Å². The Labute approximate surface area is 182 Å². The summed E-state index contributed by atoms with van der Waals surface area (Å²) in [6, 6.07) is 15.3. The zero-order valence-corrected chi connectivity index (χ0v) is 18.3. The number of nitrogens with one attached hydrogen (secondary N) is 2. The molecule has 0 aliphatic heterocycles. The predicted octanol–water partition coefficient (Wildman–Crippen LogP) is 4.27. The van der Waals surface area contributed by atoms with Crippen LogP contribution >= 0.6 is 0 Å². The van der Waals surface area contributed by atoms with Crippen LogP contribution < -0.4 is 16.4 Å². The summed E-state index contributed by atoms with van der Waals surface area (Å²) < 4.78 is 0. The third-order valence-electron chi connectivity index (χ3n) is 4.85. The molecule has 3 aromatic rings. The molecule has 0 saturated carbocycles. The van der Waals surface area contributed by atoms with Crippen LogP contribution in [0.5, 0.6) is 0 Å². The largest absolute Gasteiger partial charge is 0.383 e. The van der Waals surface area contributed by atoms with Gasteiger partial charge in [-0.2, -0.15) is 0 Å². The maximum absolute atomic E-state index is 12.4. The van der Waals surface area contributed by atoms with Crippen LogP contribution in [0.15, 0.2) is 54.7 Å². The molecule has 0 atom stereocenters. The van der Waals surface area contributed by atoms with E-state index < -0.39 is 0 Å². The monoisotopic (exact) mass is 416 g/mol. The highest BCUT2D eigenvalue weighted by atomic mass is 16.2. The van der Waals surface area contributed by atoms with Crippen molar-refractivity contribution >= 4 is 23.3 Å². The second-order valence-corrected chi connectivity index (χ2v) is 8.03. The van der Waals surface area contributed by atoms with Crippen molar-refractivity contribution in [2.75, 3.05) is 11.1 Å². The summed E-state index contributed by atoms with van der Waals surface area (Å²) in [4.78, 5) is 29.0. The van der Waals surface area contributed by atoms with Gasteiger partial charge in [-0.1, -0.05) is 35.9 Å². The zero-order valence-electron chi connectivity index (χ0n) is 18.3. The third kappa shape index (κ3) is 5.69. The topological polar surface area (TPSA) is 97.1 Å². The van der Waals surface area contributed by atoms with Crippen LogP contribution in [0.1, 0.15) is 40.9 Å². The maximum atomic E-state index is 12.4. The molecule has 6 nitrogen and oxygen atoms in total. The van der Waals surface area contributed by atoms with Gasteiger partial charge >= 0.3 is 0 Å². The Morgan fingerprint density at radius 3 is 2.52 bits per heavy atom. The van der Waals surface area contributed by atoms with E-state index in [0.717, 1.165) is 33.5 Å². The van der Waals surface area contributed by atoms with Crippen molar-refractivity contribution in [3.05, 3.63) is 77.0 Å². The van der Waals surface area contributed by atoms with Gasteiger partial charge in [0.2, 0.25) is 5.91 Å². The first-order valence-corrected chi connectivity index (χ1v) is 10.3. The van der Waals surface area contributed by atoms with E-state index in [1.165, 1.54) is 0 Å². The van der Waals surface area contributed by atoms with Crippen LogP contribution in [-0.4, -0.2) is 22.8 Å². The molecule has 0 fully saturated rings. The summed E-state index contributed by atoms with van der Waals surface area (Å²) in [5.74, 6) is -0.126. The molecule has 1 aromatic heterocycles. The van der Waals surface area contributed by atoms with Gasteiger partial charge in [0.05, 0.1) is 12.0 Å². The van der Waals surface area contributed by atoms with Gasteiger partial charge < -0.3 is 16.4 Å². The number of benzene rings is 2. The number of anilines is 2. The molecule has 160 valence electrons. The first kappa shape index (κ1) is 22.0. The SMILES string of the molecule is Cc1cccc(CC(=O)Nc2ccc(-c3cnc(N)c(C(=O)NC(C)C)c3)c(C)c2)c1. The Kier molecular flexibility index (Phi) is 6.70. The number of hydrogen-bond acceptors (Lipinski definition) is 4. The lowest BCUT2D eigenvalue weighted by molar-refractivity contribution is -0.115. The van der Waals surface area contributed by atoms with Gasteiger partial charge in [0.15, 0.2) is 0 Å². The van der Waals surface area contributed by atoms with Crippen molar-refractivity contribution in [2.24, 2.45) is 0 Å². The van der Waals surface area contributed by atoms with E-state index in [1.807, 2.05) is 70.2 Å². The molecule has 0 spiro atoms. The standard InChI is InChI=1S/C25H28N4O2/c1-15(2)28-25(31)22-13-19(14-27-24(22)26)21-9-8-20(11-17(21)4)29-23(30)12-18-7-5-6-16(3)10-18/h5-11,13-15H,12H2,1-4H3,(H2,26,27)(H,28,31)(H,29,30). The van der Waals surface area contributed by atoms with Crippen LogP contribution in [0.2, 0.25) is 0 Å². The number of nitrogens with two attached hydrogens (primary N) is 1. The van der Waals surface area contributed by atoms with Crippen molar-refractivity contribution < 1.29 is 9.59 Å². The van der Waals surface area contributed by atoms with E-state index >= 15 is 0 Å². The van der Waals surface area contributed by atoms with Gasteiger partial charge in [-0.15, -0.1) is 0 Å². The average Bonchev–Trinajstić information content (AvgIpc) is 2.68. The van der Waals surface area contributed by atoms with Gasteiger partial charge in [-0.25, -0.2) is 4.98 Å². The van der Waals surface area contributed by atoms with Gasteiger partial charge in [0, 0.05) is 23.5 Å². The van der Waals surface area contributed by atoms with Gasteiger partial charge in [-0.3, -0.25) is 9.59 Å². The lowest BCUT2D eigenvalue weighted by Crippen LogP contribution is -2.30. The molecule has 6 heteroatoms. The summed E-state index contributed by atoms with van der Waals surface area (Å²) in [6.07, 6.45) is 1.97. The maximum Gasteiger partial charge on any atom is 0.255 e. The zero-order chi connectivity index (χ0) is 22.5. The Balaban J connectivity index is 1.78. The number of nitrogen functional groups attached to an aromatic ring is 1. The number of carbonyl (C=O) groups is 2. The number of nitrogens with zero attached hydrogens (tertiary/aromatic N) is 1. The van der Waals surface area contributed by atoms with Gasteiger partial charge in [0.1, 0.15) is 5.82 Å². The molecule has 2 aromatic carbocycles. The fourth-order valence-electron chi connectivity index (χ4n) is 3.42. The fraction of sp³-hybridized carbons (Fsp3) is 0.240. The van der Waals surface area contributed by atoms with E-state index in [4.69, 9.17) is 5.73 Å². The minimum atomic E-state index is -0.250. The van der Waals surface area contributed by atoms with Crippen molar-refractivity contribution in [3.63, 3.8) is 0 Å². The molecule has 31 heavy (non-hydrogen) atoms. The fourth-order valence-corrected chi connectivity index (χ4v) is 3.42. The molecular formula is C25H28N4O2. The number of aryl methyl sites for hydroxylation is 2. The summed E-state index contributed by atoms with van der Waals surface area (Å²) >= 11 is 0. The van der Waals surface area contributed by atoms with E-state index in [9.17, 15) is 9.59 Å². The highest BCUT2D eigenvalue weighted by molar-refractivity contribution is 5.99. The normalized spacial score (nSPS) is 10.7. The van der Waals surface area contributed by atoms with Crippen LogP contribution in [-0.2, 0) is 11.2 Å². The minimum absolute atomic E-state index is 0.0000111. The van der Waals surface area contributed by atoms with E-state index in [-0.39, 0.29) is 23.7 Å². The lowest BCUT2D eigenvalue weighted by atomic mass is 9.99. The average molecular weight is 417 g/mol. The molecular weight excluding hydrogens is 388 g/mol. The van der Waals surface area contributed by atoms with E-state index in [1.54, 1.807) is 12.3 Å². The van der Waals surface area contributed by atoms with Gasteiger partial charge in [-0.05, 0) is 62.6 Å². The summed E-state index contributed by atoms with van der Waals surface area (Å²) in [7, 11) is 0. The first-order chi connectivity index (χ1) is 14.7. The van der Waals surface area contributed by atoms with Crippen LogP contribution in [0, 0.1) is 13.8 Å². The minimum Gasteiger partial charge on any atom is -0.383 e. The Morgan fingerprint density at radius 1 is 1.06 bits per heavy atom. The van der Waals surface area contributed by atoms with Crippen LogP contribution in [0.3, 0.4) is 0 Å². The highest BCUT2D eigenvalue weighted by Crippen LogP contribution is 2.27. The summed E-state index contributed by atoms with van der Waals surface area (Å²) in [5.41, 5.74) is 11.8. The molecule has 3 rings (SSSR count). The quantitative estimate of drug-likeness (QED) is 0.559. The second kappa shape index (κ2) is 9.43. The summed E-state index contributed by atoms with van der Waals surface area (Å²) in [5, 5.41) is 5.79. The molecule has 0 saturated heterocycles. The van der Waals surface area contributed by atoms with E-state index in [0.29, 0.717) is 12.0 Å².